The van der Waals surface area contributed by atoms with Crippen LogP contribution in [0.3, 0.4) is 0 Å². The molecule has 2 aliphatic rings. The van der Waals surface area contributed by atoms with Crippen molar-refractivity contribution in [1.29, 1.82) is 0 Å². The van der Waals surface area contributed by atoms with Crippen LogP contribution in [0.2, 0.25) is 0 Å². The molecule has 1 unspecified atom stereocenters. The Balaban J connectivity index is 1.74. The highest BCUT2D eigenvalue weighted by Crippen LogP contribution is 2.51. The van der Waals surface area contributed by atoms with Gasteiger partial charge < -0.3 is 9.30 Å². The Kier molecular flexibility index (Phi) is 5.68. The Morgan fingerprint density at radius 2 is 2.09 bits per heavy atom. The third-order valence-electron chi connectivity index (χ3n) is 6.93. The number of azide groups is 1. The average molecular weight is 499 g/mol. The van der Waals surface area contributed by atoms with E-state index in [1.165, 1.54) is 17.5 Å². The van der Waals surface area contributed by atoms with Crippen LogP contribution in [0.1, 0.15) is 72.9 Å². The molecule has 0 radical (unpaired) electrons. The summed E-state index contributed by atoms with van der Waals surface area (Å²) in [5.41, 5.74) is 8.51. The van der Waals surface area contributed by atoms with E-state index in [4.69, 9.17) is 10.3 Å². The number of carbonyl (C=O) groups is 1. The van der Waals surface area contributed by atoms with Crippen LogP contribution in [0.4, 0.5) is 8.78 Å². The molecule has 0 bridgehead atoms. The van der Waals surface area contributed by atoms with Gasteiger partial charge in [-0.2, -0.15) is 0 Å². The zero-order valence-electron chi connectivity index (χ0n) is 19.6. The highest BCUT2D eigenvalue weighted by molar-refractivity contribution is 7.15. The summed E-state index contributed by atoms with van der Waals surface area (Å²) in [6.45, 7) is 5.74. The summed E-state index contributed by atoms with van der Waals surface area (Å²) < 4.78 is 38.1. The number of halogens is 2. The number of esters is 1. The average Bonchev–Trinajstić information content (AvgIpc) is 3.56. The second-order valence-corrected chi connectivity index (χ2v) is 10.9. The molecule has 3 aromatic rings. The van der Waals surface area contributed by atoms with Crippen LogP contribution in [-0.2, 0) is 11.2 Å². The molecule has 0 saturated heterocycles. The van der Waals surface area contributed by atoms with E-state index < -0.39 is 29.1 Å². The van der Waals surface area contributed by atoms with Crippen LogP contribution in [0, 0.1) is 17.0 Å². The van der Waals surface area contributed by atoms with E-state index in [-0.39, 0.29) is 40.1 Å². The molecular weight excluding hydrogens is 474 g/mol. The number of ether oxygens (including phenoxy) is 1. The number of benzene rings is 1. The Morgan fingerprint density at radius 1 is 1.34 bits per heavy atom. The molecule has 35 heavy (non-hydrogen) atoms. The topological polar surface area (TPSA) is 97.1 Å². The summed E-state index contributed by atoms with van der Waals surface area (Å²) >= 11 is 1.22. The lowest BCUT2D eigenvalue weighted by Crippen LogP contribution is -2.25. The van der Waals surface area contributed by atoms with E-state index in [1.54, 1.807) is 17.6 Å². The number of hydrogen-bond donors (Lipinski definition) is 0. The van der Waals surface area contributed by atoms with Crippen LogP contribution >= 0.6 is 11.3 Å². The van der Waals surface area contributed by atoms with Crippen molar-refractivity contribution in [2.75, 3.05) is 6.61 Å². The van der Waals surface area contributed by atoms with Crippen molar-refractivity contribution < 1.29 is 18.3 Å². The number of fused-ring (bicyclic) bond motifs is 2. The van der Waals surface area contributed by atoms with E-state index in [0.29, 0.717) is 11.3 Å². The molecular formula is C25H24F2N4O3S. The molecule has 1 aromatic carbocycles. The highest BCUT2D eigenvalue weighted by atomic mass is 32.1. The van der Waals surface area contributed by atoms with Crippen LogP contribution in [-0.4, -0.2) is 17.1 Å². The fraction of sp³-hybridized carbons (Fsp3) is 0.440. The van der Waals surface area contributed by atoms with E-state index in [2.05, 4.69) is 10.0 Å². The third-order valence-corrected chi connectivity index (χ3v) is 8.17. The number of pyridine rings is 1. The van der Waals surface area contributed by atoms with Crippen molar-refractivity contribution in [2.24, 2.45) is 10.5 Å². The summed E-state index contributed by atoms with van der Waals surface area (Å²) in [5.74, 6) is -2.53. The minimum atomic E-state index is -0.881. The quantitative estimate of drug-likeness (QED) is 0.167. The molecule has 0 aliphatic heterocycles. The van der Waals surface area contributed by atoms with E-state index >= 15 is 8.78 Å². The fourth-order valence-corrected chi connectivity index (χ4v) is 6.36. The van der Waals surface area contributed by atoms with E-state index in [0.717, 1.165) is 35.8 Å². The summed E-state index contributed by atoms with van der Waals surface area (Å²) in [6.07, 6.45) is 4.36. The van der Waals surface area contributed by atoms with Crippen LogP contribution < -0.4 is 5.43 Å². The summed E-state index contributed by atoms with van der Waals surface area (Å²) in [6, 6.07) is 2.27. The van der Waals surface area contributed by atoms with Crippen molar-refractivity contribution in [2.45, 2.75) is 58.5 Å². The second-order valence-electron chi connectivity index (χ2n) is 9.77. The van der Waals surface area contributed by atoms with Crippen LogP contribution in [0.25, 0.3) is 31.8 Å². The molecule has 2 heterocycles. The minimum absolute atomic E-state index is 0.0137. The lowest BCUT2D eigenvalue weighted by molar-refractivity contribution is 0.0524. The van der Waals surface area contributed by atoms with Gasteiger partial charge in [-0.3, -0.25) is 4.79 Å². The summed E-state index contributed by atoms with van der Waals surface area (Å²) in [4.78, 5) is 29.6. The monoisotopic (exact) mass is 498 g/mol. The van der Waals surface area contributed by atoms with E-state index in [9.17, 15) is 9.59 Å². The van der Waals surface area contributed by atoms with Gasteiger partial charge in [-0.1, -0.05) is 19.0 Å². The minimum Gasteiger partial charge on any atom is -0.462 e. The molecule has 1 saturated carbocycles. The van der Waals surface area contributed by atoms with Gasteiger partial charge in [-0.15, -0.1) is 11.3 Å². The summed E-state index contributed by atoms with van der Waals surface area (Å²) in [7, 11) is 0. The summed E-state index contributed by atoms with van der Waals surface area (Å²) in [5, 5.41) is 3.81. The molecule has 0 amide bonds. The maximum atomic E-state index is 16.1. The lowest BCUT2D eigenvalue weighted by atomic mass is 9.74. The largest absolute Gasteiger partial charge is 0.462 e. The first-order valence-electron chi connectivity index (χ1n) is 11.6. The number of aromatic nitrogens is 1. The first-order valence-corrected chi connectivity index (χ1v) is 12.4. The predicted octanol–water partition coefficient (Wildman–Crippen LogP) is 6.84. The van der Waals surface area contributed by atoms with Crippen molar-refractivity contribution in [1.82, 2.24) is 4.57 Å². The van der Waals surface area contributed by atoms with E-state index in [1.807, 2.05) is 13.8 Å². The highest BCUT2D eigenvalue weighted by Gasteiger charge is 2.38. The van der Waals surface area contributed by atoms with Gasteiger partial charge in [0, 0.05) is 26.9 Å². The SMILES string of the molecule is CCOC(=O)c1cn(C2CC2)c2c(F)c(-c3cc4c(s3)C(N=[N+]=[N-])C(C)(C)CC4)c(F)cc2c1=O. The van der Waals surface area contributed by atoms with Gasteiger partial charge in [0.05, 0.1) is 29.1 Å². The number of rotatable bonds is 5. The Morgan fingerprint density at radius 3 is 2.74 bits per heavy atom. The first kappa shape index (κ1) is 23.5. The molecule has 1 fully saturated rings. The Bertz CT molecular complexity index is 1480. The standard InChI is InChI=1S/C25H24F2N4O3S/c1-4-34-24(33)15-11-31(13-5-6-13)20-14(21(15)32)10-16(26)18(19(20)27)17-9-12-7-8-25(2,3)23(29-30-28)22(12)35-17/h9-11,13,23H,4-8H2,1-3H3. The number of thiophene rings is 1. The third kappa shape index (κ3) is 3.81. The van der Waals surface area contributed by atoms with Gasteiger partial charge in [0.25, 0.3) is 0 Å². The van der Waals surface area contributed by atoms with Crippen molar-refractivity contribution in [3.63, 3.8) is 0 Å². The maximum Gasteiger partial charge on any atom is 0.343 e. The molecule has 182 valence electrons. The molecule has 0 spiro atoms. The van der Waals surface area contributed by atoms with Gasteiger partial charge in [-0.25, -0.2) is 13.6 Å². The zero-order chi connectivity index (χ0) is 25.1. The van der Waals surface area contributed by atoms with Crippen molar-refractivity contribution in [3.8, 4) is 10.4 Å². The number of aryl methyl sites for hydroxylation is 1. The van der Waals surface area contributed by atoms with Gasteiger partial charge >= 0.3 is 5.97 Å². The molecule has 10 heteroatoms. The Hall–Kier alpha value is -3.23. The molecule has 0 N–H and O–H groups in total. The van der Waals surface area contributed by atoms with Crippen molar-refractivity contribution in [3.05, 3.63) is 66.6 Å². The van der Waals surface area contributed by atoms with Gasteiger partial charge in [0.15, 0.2) is 5.82 Å². The smallest absolute Gasteiger partial charge is 0.343 e. The van der Waals surface area contributed by atoms with Crippen molar-refractivity contribution >= 4 is 28.2 Å². The second kappa shape index (κ2) is 8.46. The zero-order valence-corrected chi connectivity index (χ0v) is 20.4. The Labute approximate surface area is 204 Å². The molecule has 2 aromatic heterocycles. The van der Waals surface area contributed by atoms with Crippen LogP contribution in [0.5, 0.6) is 0 Å². The number of nitrogens with zero attached hydrogens (tertiary/aromatic N) is 4. The van der Waals surface area contributed by atoms with Gasteiger partial charge in [0.1, 0.15) is 11.4 Å². The fourth-order valence-electron chi connectivity index (χ4n) is 4.86. The molecule has 7 nitrogen and oxygen atoms in total. The first-order chi connectivity index (χ1) is 16.7. The van der Waals surface area contributed by atoms with Crippen LogP contribution in [0.15, 0.2) is 28.2 Å². The normalized spacial score (nSPS) is 18.7. The maximum absolute atomic E-state index is 16.1. The lowest BCUT2D eigenvalue weighted by Gasteiger charge is -2.35. The molecule has 1 atom stereocenters. The molecule has 2 aliphatic carbocycles. The number of hydrogen-bond acceptors (Lipinski definition) is 5. The van der Waals surface area contributed by atoms with Gasteiger partial charge in [-0.05, 0) is 61.2 Å². The number of carbonyl (C=O) groups excluding carboxylic acids is 1. The predicted molar refractivity (Wildman–Crippen MR) is 130 cm³/mol. The van der Waals surface area contributed by atoms with Gasteiger partial charge in [0.2, 0.25) is 5.43 Å². The molecule has 5 rings (SSSR count).